The van der Waals surface area contributed by atoms with Gasteiger partial charge in [-0.2, -0.15) is 0 Å². The van der Waals surface area contributed by atoms with Crippen LogP contribution in [0.25, 0.3) is 27.9 Å². The minimum absolute atomic E-state index is 0.266. The van der Waals surface area contributed by atoms with E-state index in [0.717, 1.165) is 23.1 Å². The van der Waals surface area contributed by atoms with Gasteiger partial charge in [0.15, 0.2) is 6.20 Å². The zero-order chi connectivity index (χ0) is 19.3. The number of hydrogen-bond donors (Lipinski definition) is 0. The van der Waals surface area contributed by atoms with Crippen molar-refractivity contribution in [3.63, 3.8) is 0 Å². The zero-order valence-electron chi connectivity index (χ0n) is 17.2. The summed E-state index contributed by atoms with van der Waals surface area (Å²) in [5.41, 5.74) is 10.0. The average Bonchev–Trinajstić information content (AvgIpc) is 2.93. The van der Waals surface area contributed by atoms with Crippen molar-refractivity contribution in [1.82, 2.24) is 9.38 Å². The van der Waals surface area contributed by atoms with E-state index in [1.165, 1.54) is 27.9 Å². The second kappa shape index (κ2) is 6.19. The highest BCUT2D eigenvalue weighted by molar-refractivity contribution is 5.86. The molecule has 0 aliphatic rings. The molecule has 0 spiro atoms. The largest absolute Gasteiger partial charge is 0.300 e. The monoisotopic (exact) mass is 358 g/mol. The van der Waals surface area contributed by atoms with Gasteiger partial charge in [0.2, 0.25) is 5.69 Å². The summed E-state index contributed by atoms with van der Waals surface area (Å²) in [6, 6.07) is 13.0. The first kappa shape index (κ1) is 17.7. The Morgan fingerprint density at radius 1 is 1.04 bits per heavy atom. The maximum Gasteiger partial charge on any atom is 0.212 e. The van der Waals surface area contributed by atoms with Crippen LogP contribution in [0.5, 0.6) is 0 Å². The molecule has 0 aliphatic heterocycles. The second-order valence-electron chi connectivity index (χ2n) is 8.91. The van der Waals surface area contributed by atoms with Gasteiger partial charge >= 0.3 is 0 Å². The highest BCUT2D eigenvalue weighted by Crippen LogP contribution is 2.30. The zero-order valence-corrected chi connectivity index (χ0v) is 17.2. The van der Waals surface area contributed by atoms with Crippen molar-refractivity contribution in [3.8, 4) is 11.3 Å². The predicted octanol–water partition coefficient (Wildman–Crippen LogP) is 5.18. The Bertz CT molecular complexity index is 1160. The van der Waals surface area contributed by atoms with E-state index in [-0.39, 0.29) is 5.41 Å². The normalized spacial score (nSPS) is 12.2. The predicted molar refractivity (Wildman–Crippen MR) is 112 cm³/mol. The van der Waals surface area contributed by atoms with E-state index in [1.807, 2.05) is 6.07 Å². The summed E-state index contributed by atoms with van der Waals surface area (Å²) in [6.07, 6.45) is 5.42. The van der Waals surface area contributed by atoms with Crippen LogP contribution >= 0.6 is 0 Å². The first-order valence-electron chi connectivity index (χ1n) is 9.60. The molecule has 0 unspecified atom stereocenters. The van der Waals surface area contributed by atoms with Gasteiger partial charge in [-0.05, 0) is 61.1 Å². The van der Waals surface area contributed by atoms with Crippen molar-refractivity contribution < 1.29 is 4.57 Å². The lowest BCUT2D eigenvalue weighted by molar-refractivity contribution is -0.660. The van der Waals surface area contributed by atoms with Crippen LogP contribution in [0.4, 0.5) is 0 Å². The molecule has 3 nitrogen and oxygen atoms in total. The van der Waals surface area contributed by atoms with Crippen LogP contribution in [0, 0.1) is 19.3 Å². The summed E-state index contributed by atoms with van der Waals surface area (Å²) < 4.78 is 4.42. The van der Waals surface area contributed by atoms with E-state index >= 15 is 0 Å². The van der Waals surface area contributed by atoms with E-state index < -0.39 is 0 Å². The molecule has 3 heteroatoms. The third-order valence-electron chi connectivity index (χ3n) is 5.24. The molecule has 3 heterocycles. The Balaban J connectivity index is 1.94. The maximum absolute atomic E-state index is 4.77. The van der Waals surface area contributed by atoms with Crippen molar-refractivity contribution in [2.45, 2.75) is 41.0 Å². The SMILES string of the molecule is Cc1c[n+](C)c(-c2cc3c(cc2C)nc2ccccn23)cc1CC(C)(C)C. The molecule has 0 bridgehead atoms. The molecular weight excluding hydrogens is 330 g/mol. The fourth-order valence-corrected chi connectivity index (χ4v) is 3.95. The van der Waals surface area contributed by atoms with Gasteiger partial charge in [-0.3, -0.25) is 4.40 Å². The number of nitrogens with zero attached hydrogens (tertiary/aromatic N) is 3. The van der Waals surface area contributed by atoms with Crippen LogP contribution in [-0.2, 0) is 13.5 Å². The van der Waals surface area contributed by atoms with Gasteiger partial charge in [0.05, 0.1) is 16.6 Å². The Labute approximate surface area is 161 Å². The molecule has 4 rings (SSSR count). The van der Waals surface area contributed by atoms with Crippen LogP contribution in [-0.4, -0.2) is 9.38 Å². The first-order chi connectivity index (χ1) is 12.7. The third-order valence-corrected chi connectivity index (χ3v) is 5.24. The Morgan fingerprint density at radius 2 is 1.81 bits per heavy atom. The molecule has 0 radical (unpaired) electrons. The third kappa shape index (κ3) is 3.23. The van der Waals surface area contributed by atoms with Crippen molar-refractivity contribution >= 4 is 16.7 Å². The van der Waals surface area contributed by atoms with Crippen LogP contribution in [0.2, 0.25) is 0 Å². The number of aryl methyl sites for hydroxylation is 3. The highest BCUT2D eigenvalue weighted by atomic mass is 15.0. The van der Waals surface area contributed by atoms with Crippen LogP contribution < -0.4 is 4.57 Å². The Morgan fingerprint density at radius 3 is 2.56 bits per heavy atom. The number of hydrogen-bond acceptors (Lipinski definition) is 1. The topological polar surface area (TPSA) is 21.2 Å². The number of fused-ring (bicyclic) bond motifs is 3. The van der Waals surface area contributed by atoms with E-state index in [1.54, 1.807) is 0 Å². The summed E-state index contributed by atoms with van der Waals surface area (Å²) in [5, 5.41) is 0. The molecule has 138 valence electrons. The number of benzene rings is 1. The van der Waals surface area contributed by atoms with Gasteiger partial charge in [-0.25, -0.2) is 9.55 Å². The first-order valence-corrected chi connectivity index (χ1v) is 9.60. The van der Waals surface area contributed by atoms with E-state index in [4.69, 9.17) is 4.98 Å². The lowest BCUT2D eigenvalue weighted by atomic mass is 9.86. The minimum atomic E-state index is 0.266. The van der Waals surface area contributed by atoms with Gasteiger partial charge in [0.25, 0.3) is 0 Å². The van der Waals surface area contributed by atoms with Gasteiger partial charge < -0.3 is 0 Å². The summed E-state index contributed by atoms with van der Waals surface area (Å²) >= 11 is 0. The van der Waals surface area contributed by atoms with E-state index in [9.17, 15) is 0 Å². The highest BCUT2D eigenvalue weighted by Gasteiger charge is 2.20. The van der Waals surface area contributed by atoms with E-state index in [2.05, 4.69) is 93.4 Å². The van der Waals surface area contributed by atoms with Gasteiger partial charge in [-0.15, -0.1) is 0 Å². The summed E-state index contributed by atoms with van der Waals surface area (Å²) in [5.74, 6) is 0. The van der Waals surface area contributed by atoms with Crippen molar-refractivity contribution in [2.24, 2.45) is 12.5 Å². The molecule has 0 saturated carbocycles. The van der Waals surface area contributed by atoms with Crippen molar-refractivity contribution in [3.05, 3.63) is 65.5 Å². The molecule has 0 aliphatic carbocycles. The molecular formula is C24H28N3+. The fourth-order valence-electron chi connectivity index (χ4n) is 3.95. The summed E-state index contributed by atoms with van der Waals surface area (Å²) in [4.78, 5) is 4.77. The fraction of sp³-hybridized carbons (Fsp3) is 0.333. The van der Waals surface area contributed by atoms with Crippen LogP contribution in [0.1, 0.15) is 37.5 Å². The lowest BCUT2D eigenvalue weighted by Gasteiger charge is -2.19. The molecule has 4 aromatic rings. The molecule has 0 fully saturated rings. The van der Waals surface area contributed by atoms with Crippen LogP contribution in [0.15, 0.2) is 48.8 Å². The van der Waals surface area contributed by atoms with Gasteiger partial charge in [0.1, 0.15) is 12.7 Å². The number of rotatable bonds is 2. The lowest BCUT2D eigenvalue weighted by Crippen LogP contribution is -2.32. The number of aromatic nitrogens is 3. The summed E-state index contributed by atoms with van der Waals surface area (Å²) in [6.45, 7) is 11.3. The van der Waals surface area contributed by atoms with Crippen molar-refractivity contribution in [2.75, 3.05) is 0 Å². The molecule has 0 amide bonds. The Kier molecular flexibility index (Phi) is 4.06. The summed E-state index contributed by atoms with van der Waals surface area (Å²) in [7, 11) is 2.14. The standard InChI is InChI=1S/C24H28N3/c1-16-11-20-22(27-10-8-7-9-23(27)25-20)13-19(16)21-12-18(14-24(3,4)5)17(2)15-26(21)6/h7-13,15H,14H2,1-6H3/q+1. The molecule has 27 heavy (non-hydrogen) atoms. The average molecular weight is 359 g/mol. The maximum atomic E-state index is 4.77. The van der Waals surface area contributed by atoms with Crippen molar-refractivity contribution in [1.29, 1.82) is 0 Å². The molecule has 3 aromatic heterocycles. The number of imidazole rings is 1. The molecule has 0 N–H and O–H groups in total. The number of pyridine rings is 2. The smallest absolute Gasteiger partial charge is 0.212 e. The van der Waals surface area contributed by atoms with Crippen LogP contribution in [0.3, 0.4) is 0 Å². The van der Waals surface area contributed by atoms with Gasteiger partial charge in [0, 0.05) is 17.8 Å². The Hall–Kier alpha value is -2.68. The van der Waals surface area contributed by atoms with E-state index in [0.29, 0.717) is 0 Å². The molecule has 0 saturated heterocycles. The molecule has 0 atom stereocenters. The second-order valence-corrected chi connectivity index (χ2v) is 8.91. The minimum Gasteiger partial charge on any atom is -0.300 e. The quantitative estimate of drug-likeness (QED) is 0.452. The van der Waals surface area contributed by atoms with Gasteiger partial charge in [-0.1, -0.05) is 26.8 Å². The molecule has 1 aromatic carbocycles.